The molecule has 0 radical (unpaired) electrons. The third-order valence-electron chi connectivity index (χ3n) is 6.23. The van der Waals surface area contributed by atoms with E-state index in [0.717, 1.165) is 39.7 Å². The van der Waals surface area contributed by atoms with Crippen molar-refractivity contribution in [3.8, 4) is 40.0 Å². The number of ether oxygens (including phenoxy) is 2. The highest BCUT2D eigenvalue weighted by Gasteiger charge is 2.18. The van der Waals surface area contributed by atoms with Crippen LogP contribution in [0.5, 0.6) is 11.5 Å². The second-order valence-electron chi connectivity index (χ2n) is 8.53. The summed E-state index contributed by atoms with van der Waals surface area (Å²) < 4.78 is 10.9. The van der Waals surface area contributed by atoms with Crippen LogP contribution in [-0.2, 0) is 0 Å². The molecule has 1 aliphatic rings. The predicted octanol–water partition coefficient (Wildman–Crippen LogP) is 6.19. The summed E-state index contributed by atoms with van der Waals surface area (Å²) in [6.45, 7) is 5.42. The van der Waals surface area contributed by atoms with Crippen LogP contribution in [0.15, 0.2) is 53.6 Å². The molecule has 0 aliphatic carbocycles. The van der Waals surface area contributed by atoms with Crippen LogP contribution in [0.3, 0.4) is 0 Å². The van der Waals surface area contributed by atoms with E-state index < -0.39 is 0 Å². The van der Waals surface area contributed by atoms with E-state index in [4.69, 9.17) is 14.5 Å². The average Bonchev–Trinajstić information content (AvgIpc) is 2.88. The highest BCUT2D eigenvalue weighted by Crippen LogP contribution is 2.38. The lowest BCUT2D eigenvalue weighted by Crippen LogP contribution is -2.31. The molecule has 1 aromatic heterocycles. The number of methoxy groups -OCH3 is 2. The Hall–Kier alpha value is -3.01. The van der Waals surface area contributed by atoms with Gasteiger partial charge in [0.1, 0.15) is 11.1 Å². The fraction of sp³-hybridized carbons (Fsp3) is 0.357. The van der Waals surface area contributed by atoms with Crippen molar-refractivity contribution in [1.82, 2.24) is 9.88 Å². The summed E-state index contributed by atoms with van der Waals surface area (Å²) in [5, 5.41) is 10.9. The maximum atomic E-state index is 10.2. The van der Waals surface area contributed by atoms with Gasteiger partial charge in [0.15, 0.2) is 11.5 Å². The van der Waals surface area contributed by atoms with E-state index in [9.17, 15) is 5.26 Å². The van der Waals surface area contributed by atoms with E-state index in [-0.39, 0.29) is 0 Å². The fourth-order valence-electron chi connectivity index (χ4n) is 4.29. The summed E-state index contributed by atoms with van der Waals surface area (Å²) >= 11 is 1.67. The van der Waals surface area contributed by atoms with Crippen LogP contribution in [0.25, 0.3) is 22.4 Å². The van der Waals surface area contributed by atoms with Gasteiger partial charge in [-0.15, -0.1) is 11.8 Å². The van der Waals surface area contributed by atoms with Crippen LogP contribution in [-0.4, -0.2) is 49.5 Å². The zero-order valence-electron chi connectivity index (χ0n) is 20.1. The Bertz CT molecular complexity index is 1170. The van der Waals surface area contributed by atoms with Crippen molar-refractivity contribution in [2.24, 2.45) is 0 Å². The lowest BCUT2D eigenvalue weighted by molar-refractivity contribution is 0.242. The largest absolute Gasteiger partial charge is 0.493 e. The second-order valence-corrected chi connectivity index (χ2v) is 9.62. The third-order valence-corrected chi connectivity index (χ3v) is 7.19. The zero-order valence-corrected chi connectivity index (χ0v) is 21.0. The number of likely N-dealkylation sites (tertiary alicyclic amines) is 1. The van der Waals surface area contributed by atoms with Crippen molar-refractivity contribution < 1.29 is 9.47 Å². The first-order chi connectivity index (χ1) is 16.6. The van der Waals surface area contributed by atoms with Gasteiger partial charge in [-0.05, 0) is 56.6 Å². The monoisotopic (exact) mass is 473 g/mol. The SMILES string of the molecule is COc1ccc(-c2cc(-c3ccc(C)cc3)nc(SCCN3CCCCC3)c2C#N)cc1OC. The van der Waals surface area contributed by atoms with Gasteiger partial charge in [0.25, 0.3) is 0 Å². The van der Waals surface area contributed by atoms with Crippen molar-refractivity contribution in [3.63, 3.8) is 0 Å². The Kier molecular flexibility index (Phi) is 8.10. The van der Waals surface area contributed by atoms with Crippen molar-refractivity contribution in [1.29, 1.82) is 5.26 Å². The summed E-state index contributed by atoms with van der Waals surface area (Å²) in [4.78, 5) is 7.47. The van der Waals surface area contributed by atoms with E-state index in [1.807, 2.05) is 24.3 Å². The van der Waals surface area contributed by atoms with Crippen LogP contribution in [0.4, 0.5) is 0 Å². The van der Waals surface area contributed by atoms with Gasteiger partial charge in [-0.2, -0.15) is 5.26 Å². The number of nitriles is 1. The van der Waals surface area contributed by atoms with E-state index in [1.165, 1.54) is 37.9 Å². The minimum atomic E-state index is 0.603. The Balaban J connectivity index is 1.74. The molecule has 4 rings (SSSR count). The van der Waals surface area contributed by atoms with Crippen molar-refractivity contribution in [2.75, 3.05) is 39.6 Å². The van der Waals surface area contributed by atoms with Gasteiger partial charge in [0.2, 0.25) is 0 Å². The van der Waals surface area contributed by atoms with Gasteiger partial charge < -0.3 is 14.4 Å². The van der Waals surface area contributed by atoms with Crippen molar-refractivity contribution in [2.45, 2.75) is 31.2 Å². The number of hydrogen-bond donors (Lipinski definition) is 0. The molecule has 2 aromatic carbocycles. The molecule has 0 spiro atoms. The molecule has 5 nitrogen and oxygen atoms in total. The molecule has 0 unspecified atom stereocenters. The quantitative estimate of drug-likeness (QED) is 0.364. The number of rotatable bonds is 8. The molecule has 0 N–H and O–H groups in total. The third kappa shape index (κ3) is 5.55. The molecule has 34 heavy (non-hydrogen) atoms. The second kappa shape index (κ2) is 11.4. The molecule has 3 aromatic rings. The Morgan fingerprint density at radius 1 is 0.941 bits per heavy atom. The number of thioether (sulfide) groups is 1. The van der Waals surface area contributed by atoms with Crippen LogP contribution < -0.4 is 9.47 Å². The number of hydrogen-bond acceptors (Lipinski definition) is 6. The number of benzene rings is 2. The van der Waals surface area contributed by atoms with Crippen molar-refractivity contribution >= 4 is 11.8 Å². The fourth-order valence-corrected chi connectivity index (χ4v) is 5.30. The van der Waals surface area contributed by atoms with Gasteiger partial charge in [-0.3, -0.25) is 0 Å². The van der Waals surface area contributed by atoms with Gasteiger partial charge in [0.05, 0.1) is 25.5 Å². The summed E-state index contributed by atoms with van der Waals surface area (Å²) in [7, 11) is 3.25. The highest BCUT2D eigenvalue weighted by atomic mass is 32.2. The molecule has 1 fully saturated rings. The van der Waals surface area contributed by atoms with E-state index in [0.29, 0.717) is 17.1 Å². The van der Waals surface area contributed by atoms with Crippen LogP contribution in [0.2, 0.25) is 0 Å². The molecule has 176 valence electrons. The summed E-state index contributed by atoms with van der Waals surface area (Å²) in [6.07, 6.45) is 3.88. The van der Waals surface area contributed by atoms with Gasteiger partial charge in [0, 0.05) is 23.4 Å². The predicted molar refractivity (Wildman–Crippen MR) is 139 cm³/mol. The molecule has 0 saturated carbocycles. The molecule has 2 heterocycles. The molecule has 0 amide bonds. The normalized spacial score (nSPS) is 13.9. The molecular formula is C28H31N3O2S. The number of aryl methyl sites for hydroxylation is 1. The standard InChI is InChI=1S/C28H31N3O2S/c1-20-7-9-21(10-8-20)25-18-23(22-11-12-26(32-2)27(17-22)33-3)24(19-29)28(30-25)34-16-15-31-13-5-4-6-14-31/h7-12,17-18H,4-6,13-16H2,1-3H3. The van der Waals surface area contributed by atoms with Crippen molar-refractivity contribution in [3.05, 3.63) is 59.7 Å². The minimum absolute atomic E-state index is 0.603. The highest BCUT2D eigenvalue weighted by molar-refractivity contribution is 7.99. The molecule has 0 atom stereocenters. The lowest BCUT2D eigenvalue weighted by Gasteiger charge is -2.26. The summed E-state index contributed by atoms with van der Waals surface area (Å²) in [5.41, 5.74) is 5.47. The lowest BCUT2D eigenvalue weighted by atomic mass is 9.98. The summed E-state index contributed by atoms with van der Waals surface area (Å²) in [5.74, 6) is 2.20. The first-order valence-corrected chi connectivity index (χ1v) is 12.7. The van der Waals surface area contributed by atoms with Crippen LogP contribution in [0.1, 0.15) is 30.4 Å². The number of nitrogens with zero attached hydrogens (tertiary/aromatic N) is 3. The number of pyridine rings is 1. The summed E-state index contributed by atoms with van der Waals surface area (Å²) in [6, 6.07) is 18.6. The molecule has 1 aliphatic heterocycles. The average molecular weight is 474 g/mol. The Morgan fingerprint density at radius 3 is 2.32 bits per heavy atom. The Morgan fingerprint density at radius 2 is 1.65 bits per heavy atom. The molecule has 1 saturated heterocycles. The first kappa shape index (κ1) is 24.1. The van der Waals surface area contributed by atoms with Gasteiger partial charge in [-0.1, -0.05) is 42.3 Å². The minimum Gasteiger partial charge on any atom is -0.493 e. The molecular weight excluding hydrogens is 442 g/mol. The zero-order chi connectivity index (χ0) is 23.9. The van der Waals surface area contributed by atoms with Crippen LogP contribution in [0, 0.1) is 18.3 Å². The van der Waals surface area contributed by atoms with Crippen LogP contribution >= 0.6 is 11.8 Å². The number of piperidine rings is 1. The Labute approximate surface area is 206 Å². The maximum absolute atomic E-state index is 10.2. The number of aromatic nitrogens is 1. The van der Waals surface area contributed by atoms with E-state index in [1.54, 1.807) is 26.0 Å². The van der Waals surface area contributed by atoms with Gasteiger partial charge >= 0.3 is 0 Å². The van der Waals surface area contributed by atoms with E-state index in [2.05, 4.69) is 42.2 Å². The first-order valence-electron chi connectivity index (χ1n) is 11.7. The molecule has 6 heteroatoms. The molecule has 0 bridgehead atoms. The van der Waals surface area contributed by atoms with Gasteiger partial charge in [-0.25, -0.2) is 4.98 Å². The smallest absolute Gasteiger partial charge is 0.161 e. The topological polar surface area (TPSA) is 58.4 Å². The van der Waals surface area contributed by atoms with E-state index >= 15 is 0 Å². The maximum Gasteiger partial charge on any atom is 0.161 e.